The van der Waals surface area contributed by atoms with Crippen molar-refractivity contribution in [2.75, 3.05) is 6.61 Å². The second kappa shape index (κ2) is 4.88. The summed E-state index contributed by atoms with van der Waals surface area (Å²) in [4.78, 5) is 24.0. The van der Waals surface area contributed by atoms with Crippen LogP contribution in [0.3, 0.4) is 0 Å². The molecule has 0 N–H and O–H groups in total. The highest BCUT2D eigenvalue weighted by Crippen LogP contribution is 2.23. The summed E-state index contributed by atoms with van der Waals surface area (Å²) < 4.78 is 5.62. The van der Waals surface area contributed by atoms with Crippen molar-refractivity contribution in [1.82, 2.24) is 0 Å². The maximum Gasteiger partial charge on any atom is 0.380 e. The van der Waals surface area contributed by atoms with Gasteiger partial charge in [0, 0.05) is 8.45 Å². The number of aryl methyl sites for hydroxylation is 1. The van der Waals surface area contributed by atoms with E-state index in [9.17, 15) is 9.59 Å². The molecule has 0 amide bonds. The molecule has 3 nitrogen and oxygen atoms in total. The van der Waals surface area contributed by atoms with Gasteiger partial charge in [-0.3, -0.25) is 4.79 Å². The Morgan fingerprint density at radius 2 is 2.21 bits per heavy atom. The molecule has 1 heterocycles. The van der Waals surface area contributed by atoms with Crippen LogP contribution in [0.4, 0.5) is 0 Å². The highest BCUT2D eigenvalue weighted by molar-refractivity contribution is 14.1. The summed E-state index contributed by atoms with van der Waals surface area (Å²) in [5.41, 5.74) is 0. The SMILES string of the molecule is CCOC(=O)C(=O)c1cc(I)c(C)s1. The monoisotopic (exact) mass is 324 g/mol. The smallest absolute Gasteiger partial charge is 0.380 e. The minimum absolute atomic E-state index is 0.228. The molecule has 1 aromatic heterocycles. The van der Waals surface area contributed by atoms with E-state index in [2.05, 4.69) is 27.3 Å². The van der Waals surface area contributed by atoms with Crippen LogP contribution in [0, 0.1) is 10.5 Å². The molecule has 5 heteroatoms. The van der Waals surface area contributed by atoms with Crippen molar-refractivity contribution >= 4 is 45.7 Å². The lowest BCUT2D eigenvalue weighted by Gasteiger charge is -1.97. The lowest BCUT2D eigenvalue weighted by molar-refractivity contribution is -0.137. The number of ether oxygens (including phenoxy) is 1. The Labute approximate surface area is 99.6 Å². The third-order valence-corrected chi connectivity index (χ3v) is 4.08. The Morgan fingerprint density at radius 1 is 1.57 bits per heavy atom. The van der Waals surface area contributed by atoms with Gasteiger partial charge in [0.25, 0.3) is 5.78 Å². The Balaban J connectivity index is 2.84. The largest absolute Gasteiger partial charge is 0.460 e. The Bertz CT molecular complexity index is 351. The van der Waals surface area contributed by atoms with Gasteiger partial charge in [-0.05, 0) is 42.5 Å². The predicted molar refractivity (Wildman–Crippen MR) is 62.7 cm³/mol. The van der Waals surface area contributed by atoms with Gasteiger partial charge in [-0.25, -0.2) is 4.79 Å². The van der Waals surface area contributed by atoms with Gasteiger partial charge in [-0.1, -0.05) is 0 Å². The first-order chi connectivity index (χ1) is 6.56. The van der Waals surface area contributed by atoms with E-state index in [1.807, 2.05) is 6.92 Å². The lowest BCUT2D eigenvalue weighted by atomic mass is 10.3. The van der Waals surface area contributed by atoms with Crippen molar-refractivity contribution < 1.29 is 14.3 Å². The van der Waals surface area contributed by atoms with Gasteiger partial charge in [0.15, 0.2) is 0 Å². The number of hydrogen-bond acceptors (Lipinski definition) is 4. The maximum absolute atomic E-state index is 11.4. The molecule has 0 aliphatic carbocycles. The molecule has 0 aromatic carbocycles. The highest BCUT2D eigenvalue weighted by Gasteiger charge is 2.20. The topological polar surface area (TPSA) is 43.4 Å². The average molecular weight is 324 g/mol. The van der Waals surface area contributed by atoms with Gasteiger partial charge in [0.2, 0.25) is 0 Å². The molecule has 76 valence electrons. The van der Waals surface area contributed by atoms with Crippen LogP contribution in [0.2, 0.25) is 0 Å². The number of rotatable bonds is 3. The molecule has 0 aliphatic heterocycles. The van der Waals surface area contributed by atoms with Gasteiger partial charge in [0.1, 0.15) is 0 Å². The second-order valence-electron chi connectivity index (χ2n) is 2.56. The van der Waals surface area contributed by atoms with Crippen molar-refractivity contribution in [2.45, 2.75) is 13.8 Å². The standard InChI is InChI=1S/C9H9IO3S/c1-3-13-9(12)8(11)7-4-6(10)5(2)14-7/h4H,3H2,1-2H3. The molecule has 0 aliphatic rings. The van der Waals surface area contributed by atoms with Crippen LogP contribution >= 0.6 is 33.9 Å². The van der Waals surface area contributed by atoms with Crippen LogP contribution in [-0.4, -0.2) is 18.4 Å². The first-order valence-electron chi connectivity index (χ1n) is 4.03. The fourth-order valence-corrected chi connectivity index (χ4v) is 2.56. The summed E-state index contributed by atoms with van der Waals surface area (Å²) >= 11 is 3.45. The normalized spacial score (nSPS) is 9.93. The van der Waals surface area contributed by atoms with E-state index in [4.69, 9.17) is 0 Å². The van der Waals surface area contributed by atoms with E-state index in [0.717, 1.165) is 8.45 Å². The van der Waals surface area contributed by atoms with Gasteiger partial charge in [0.05, 0.1) is 11.5 Å². The number of ketones is 1. The van der Waals surface area contributed by atoms with Crippen LogP contribution < -0.4 is 0 Å². The molecule has 1 aromatic rings. The average Bonchev–Trinajstić information content (AvgIpc) is 2.46. The second-order valence-corrected chi connectivity index (χ2v) is 4.98. The van der Waals surface area contributed by atoms with E-state index in [1.54, 1.807) is 13.0 Å². The fraction of sp³-hybridized carbons (Fsp3) is 0.333. The molecule has 0 fully saturated rings. The van der Waals surface area contributed by atoms with E-state index in [-0.39, 0.29) is 6.61 Å². The number of carbonyl (C=O) groups is 2. The van der Waals surface area contributed by atoms with Crippen molar-refractivity contribution in [3.05, 3.63) is 19.4 Å². The number of carbonyl (C=O) groups excluding carboxylic acids is 2. The molecule has 0 spiro atoms. The predicted octanol–water partition coefficient (Wildman–Crippen LogP) is 2.41. The Hall–Kier alpha value is -0.430. The minimum atomic E-state index is -0.773. The zero-order valence-corrected chi connectivity index (χ0v) is 10.8. The zero-order valence-electron chi connectivity index (χ0n) is 7.80. The van der Waals surface area contributed by atoms with Crippen LogP contribution in [0.1, 0.15) is 21.5 Å². The highest BCUT2D eigenvalue weighted by atomic mass is 127. The van der Waals surface area contributed by atoms with Crippen molar-refractivity contribution in [2.24, 2.45) is 0 Å². The number of halogens is 1. The van der Waals surface area contributed by atoms with Gasteiger partial charge >= 0.3 is 5.97 Å². The molecule has 0 bridgehead atoms. The third kappa shape index (κ3) is 2.54. The molecule has 0 atom stereocenters. The molecule has 0 saturated carbocycles. The van der Waals surface area contributed by atoms with Gasteiger partial charge < -0.3 is 4.74 Å². The molecular formula is C9H9IO3S. The van der Waals surface area contributed by atoms with E-state index >= 15 is 0 Å². The molecule has 14 heavy (non-hydrogen) atoms. The number of thiophene rings is 1. The molecule has 1 rings (SSSR count). The summed E-state index contributed by atoms with van der Waals surface area (Å²) in [6.45, 7) is 3.81. The molecule has 0 radical (unpaired) electrons. The van der Waals surface area contributed by atoms with E-state index < -0.39 is 11.8 Å². The maximum atomic E-state index is 11.4. The van der Waals surface area contributed by atoms with Gasteiger partial charge in [-0.15, -0.1) is 11.3 Å². The van der Waals surface area contributed by atoms with Crippen molar-refractivity contribution in [3.8, 4) is 0 Å². The summed E-state index contributed by atoms with van der Waals surface area (Å²) in [6, 6.07) is 1.71. The minimum Gasteiger partial charge on any atom is -0.460 e. The third-order valence-electron chi connectivity index (χ3n) is 1.54. The van der Waals surface area contributed by atoms with E-state index in [0.29, 0.717) is 4.88 Å². The first kappa shape index (κ1) is 11.6. The molecular weight excluding hydrogens is 315 g/mol. The summed E-state index contributed by atoms with van der Waals surface area (Å²) in [6.07, 6.45) is 0. The van der Waals surface area contributed by atoms with Crippen LogP contribution in [0.25, 0.3) is 0 Å². The van der Waals surface area contributed by atoms with Gasteiger partial charge in [-0.2, -0.15) is 0 Å². The summed E-state index contributed by atoms with van der Waals surface area (Å²) in [5.74, 6) is -1.33. The summed E-state index contributed by atoms with van der Waals surface area (Å²) in [7, 11) is 0. The molecule has 0 saturated heterocycles. The molecule has 0 unspecified atom stereocenters. The fourth-order valence-electron chi connectivity index (χ4n) is 0.869. The zero-order chi connectivity index (χ0) is 10.7. The summed E-state index contributed by atoms with van der Waals surface area (Å²) in [5, 5.41) is 0. The number of esters is 1. The number of hydrogen-bond donors (Lipinski definition) is 0. The van der Waals surface area contributed by atoms with Crippen molar-refractivity contribution in [1.29, 1.82) is 0 Å². The number of Topliss-reactive ketones (excluding diaryl/α,β-unsaturated/α-hetero) is 1. The van der Waals surface area contributed by atoms with E-state index in [1.165, 1.54) is 11.3 Å². The van der Waals surface area contributed by atoms with Crippen LogP contribution in [0.5, 0.6) is 0 Å². The van der Waals surface area contributed by atoms with Crippen LogP contribution in [-0.2, 0) is 9.53 Å². The first-order valence-corrected chi connectivity index (χ1v) is 5.93. The van der Waals surface area contributed by atoms with Crippen LogP contribution in [0.15, 0.2) is 6.07 Å². The Morgan fingerprint density at radius 3 is 2.64 bits per heavy atom. The van der Waals surface area contributed by atoms with Crippen molar-refractivity contribution in [3.63, 3.8) is 0 Å². The lowest BCUT2D eigenvalue weighted by Crippen LogP contribution is -2.16. The quantitative estimate of drug-likeness (QED) is 0.371. The Kier molecular flexibility index (Phi) is 4.06.